The van der Waals surface area contributed by atoms with Crippen LogP contribution in [0.5, 0.6) is 0 Å². The lowest BCUT2D eigenvalue weighted by Crippen LogP contribution is -2.30. The second-order valence-electron chi connectivity index (χ2n) is 7.69. The molecule has 4 aromatic rings. The van der Waals surface area contributed by atoms with Crippen molar-refractivity contribution in [1.82, 2.24) is 4.72 Å². The van der Waals surface area contributed by atoms with Crippen molar-refractivity contribution in [3.63, 3.8) is 0 Å². The summed E-state index contributed by atoms with van der Waals surface area (Å²) in [4.78, 5) is 22.5. The lowest BCUT2D eigenvalue weighted by Gasteiger charge is -2.11. The monoisotopic (exact) mass is 610 g/mol. The summed E-state index contributed by atoms with van der Waals surface area (Å²) in [5.41, 5.74) is 10.5. The van der Waals surface area contributed by atoms with Crippen molar-refractivity contribution in [2.24, 2.45) is 5.73 Å². The molecular formula is C27H32F2N4O8S. The minimum atomic E-state index is -3.98. The van der Waals surface area contributed by atoms with Crippen LogP contribution in [0.1, 0.15) is 39.7 Å². The number of esters is 2. The fraction of sp³-hybridized carbons (Fsp3) is 0.185. The second kappa shape index (κ2) is 17.2. The molecule has 6 N–H and O–H groups in total. The Hall–Kier alpha value is -4.73. The molecule has 0 aliphatic carbocycles. The van der Waals surface area contributed by atoms with Gasteiger partial charge in [0.25, 0.3) is 10.2 Å². The van der Waals surface area contributed by atoms with Crippen LogP contribution in [0.25, 0.3) is 0 Å². The molecular weight excluding hydrogens is 578 g/mol. The average molecular weight is 611 g/mol. The Labute approximate surface area is 241 Å². The highest BCUT2D eigenvalue weighted by Crippen LogP contribution is 2.19. The lowest BCUT2D eigenvalue weighted by atomic mass is 10.2. The van der Waals surface area contributed by atoms with Crippen molar-refractivity contribution >= 4 is 33.5 Å². The molecule has 0 atom stereocenters. The van der Waals surface area contributed by atoms with Gasteiger partial charge in [-0.05, 0) is 60.7 Å². The van der Waals surface area contributed by atoms with Crippen LogP contribution in [0.3, 0.4) is 0 Å². The van der Waals surface area contributed by atoms with Gasteiger partial charge in [0.2, 0.25) is 0 Å². The third-order valence-corrected chi connectivity index (χ3v) is 5.86. The van der Waals surface area contributed by atoms with Gasteiger partial charge in [0.15, 0.2) is 0 Å². The van der Waals surface area contributed by atoms with Gasteiger partial charge in [-0.2, -0.15) is 13.1 Å². The van der Waals surface area contributed by atoms with E-state index in [-0.39, 0.29) is 36.5 Å². The Bertz CT molecular complexity index is 1510. The molecule has 0 unspecified atom stereocenters. The minimum Gasteiger partial charge on any atom is -0.468 e. The van der Waals surface area contributed by atoms with E-state index in [1.54, 1.807) is 18.4 Å². The second-order valence-corrected chi connectivity index (χ2v) is 9.19. The number of rotatable bonds is 8. The average Bonchev–Trinajstić information content (AvgIpc) is 3.69. The van der Waals surface area contributed by atoms with Gasteiger partial charge in [-0.25, -0.2) is 18.4 Å². The standard InChI is InChI=1S/C13H13FN2O5S.C8H8FNO2.C5H7NO.CH4/c1-20-13(17)11-7-9(14)4-5-12(11)16-22(18,19)15-8-10-3-2-6-21-10;1-12-8(11)6-4-5(9)2-3-7(6)10;6-4-5-2-1-3-7-5;/h2-7,15-16H,8H2,1H3;2-4H,10H2,1H3;1-3H,4,6H2;1H4. The molecule has 2 heterocycles. The maximum absolute atomic E-state index is 13.2. The number of halogens is 2. The number of hydrogen-bond donors (Lipinski definition) is 4. The molecule has 0 amide bonds. The van der Waals surface area contributed by atoms with Crippen LogP contribution in [0.2, 0.25) is 0 Å². The van der Waals surface area contributed by atoms with Gasteiger partial charge in [0.1, 0.15) is 23.2 Å². The minimum absolute atomic E-state index is 0. The van der Waals surface area contributed by atoms with Crippen LogP contribution < -0.4 is 20.9 Å². The molecule has 15 heteroatoms. The van der Waals surface area contributed by atoms with Crippen LogP contribution in [-0.2, 0) is 32.8 Å². The number of ether oxygens (including phenoxy) is 2. The first-order chi connectivity index (χ1) is 19.5. The molecule has 2 aromatic carbocycles. The number of nitrogens with two attached hydrogens (primary N) is 2. The number of hydrogen-bond acceptors (Lipinski definition) is 10. The maximum Gasteiger partial charge on any atom is 0.340 e. The summed E-state index contributed by atoms with van der Waals surface area (Å²) in [5, 5.41) is 0. The zero-order valence-electron chi connectivity index (χ0n) is 21.9. The van der Waals surface area contributed by atoms with Crippen molar-refractivity contribution in [2.45, 2.75) is 20.5 Å². The van der Waals surface area contributed by atoms with Crippen LogP contribution in [0.4, 0.5) is 20.2 Å². The van der Waals surface area contributed by atoms with Gasteiger partial charge in [-0.1, -0.05) is 7.43 Å². The van der Waals surface area contributed by atoms with E-state index in [2.05, 4.69) is 18.9 Å². The summed E-state index contributed by atoms with van der Waals surface area (Å²) in [6, 6.07) is 13.5. The van der Waals surface area contributed by atoms with Crippen LogP contribution in [0.15, 0.2) is 82.0 Å². The molecule has 0 saturated carbocycles. The highest BCUT2D eigenvalue weighted by molar-refractivity contribution is 7.90. The van der Waals surface area contributed by atoms with Gasteiger partial charge < -0.3 is 29.8 Å². The number of carbonyl (C=O) groups is 2. The molecule has 4 rings (SSSR count). The van der Waals surface area contributed by atoms with E-state index in [9.17, 15) is 26.8 Å². The van der Waals surface area contributed by atoms with Crippen LogP contribution in [0, 0.1) is 11.6 Å². The highest BCUT2D eigenvalue weighted by Gasteiger charge is 2.18. The first kappa shape index (κ1) is 35.3. The van der Waals surface area contributed by atoms with Crippen molar-refractivity contribution in [2.75, 3.05) is 24.7 Å². The van der Waals surface area contributed by atoms with E-state index in [1.165, 1.54) is 25.5 Å². The summed E-state index contributed by atoms with van der Waals surface area (Å²) < 4.78 is 72.7. The highest BCUT2D eigenvalue weighted by atomic mass is 32.2. The van der Waals surface area contributed by atoms with Gasteiger partial charge in [-0.15, -0.1) is 0 Å². The molecule has 228 valence electrons. The molecule has 2 aromatic heterocycles. The summed E-state index contributed by atoms with van der Waals surface area (Å²) >= 11 is 0. The number of nitrogen functional groups attached to an aromatic ring is 1. The fourth-order valence-electron chi connectivity index (χ4n) is 2.89. The normalized spacial score (nSPS) is 10.1. The van der Waals surface area contributed by atoms with Crippen LogP contribution in [-0.4, -0.2) is 34.6 Å². The van der Waals surface area contributed by atoms with Crippen molar-refractivity contribution in [1.29, 1.82) is 0 Å². The van der Waals surface area contributed by atoms with E-state index in [4.69, 9.17) is 20.3 Å². The number of carbonyl (C=O) groups excluding carboxylic acids is 2. The SMILES string of the molecule is C.COC(=O)c1cc(F)ccc1N.COC(=O)c1cc(F)ccc1NS(=O)(=O)NCc1ccco1.NCc1ccco1. The molecule has 0 aliphatic heterocycles. The number of anilines is 2. The summed E-state index contributed by atoms with van der Waals surface area (Å²) in [6.07, 6.45) is 3.02. The summed E-state index contributed by atoms with van der Waals surface area (Å²) in [5.74, 6) is -1.44. The molecule has 0 fully saturated rings. The number of nitrogens with one attached hydrogen (secondary N) is 2. The zero-order valence-corrected chi connectivity index (χ0v) is 22.7. The number of methoxy groups -OCH3 is 2. The first-order valence-corrected chi connectivity index (χ1v) is 13.0. The third kappa shape index (κ3) is 11.4. The van der Waals surface area contributed by atoms with E-state index < -0.39 is 33.8 Å². The summed E-state index contributed by atoms with van der Waals surface area (Å²) in [7, 11) is -1.65. The maximum atomic E-state index is 13.2. The first-order valence-electron chi connectivity index (χ1n) is 11.5. The molecule has 12 nitrogen and oxygen atoms in total. The molecule has 42 heavy (non-hydrogen) atoms. The van der Waals surface area contributed by atoms with Crippen molar-refractivity contribution < 1.29 is 45.1 Å². The Morgan fingerprint density at radius 3 is 1.88 bits per heavy atom. The Morgan fingerprint density at radius 2 is 1.38 bits per heavy atom. The number of benzene rings is 2. The Kier molecular flexibility index (Phi) is 14.4. The topological polar surface area (TPSA) is 189 Å². The Morgan fingerprint density at radius 1 is 0.857 bits per heavy atom. The largest absolute Gasteiger partial charge is 0.468 e. The van der Waals surface area contributed by atoms with E-state index in [1.807, 2.05) is 12.1 Å². The van der Waals surface area contributed by atoms with Gasteiger partial charge in [0.05, 0.1) is 56.6 Å². The fourth-order valence-corrected chi connectivity index (χ4v) is 3.76. The Balaban J connectivity index is 0.000000367. The van der Waals surface area contributed by atoms with E-state index >= 15 is 0 Å². The lowest BCUT2D eigenvalue weighted by molar-refractivity contribution is 0.0592. The van der Waals surface area contributed by atoms with E-state index in [0.717, 1.165) is 37.1 Å². The van der Waals surface area contributed by atoms with Crippen LogP contribution >= 0.6 is 0 Å². The molecule has 0 radical (unpaired) electrons. The predicted octanol–water partition coefficient (Wildman–Crippen LogP) is 4.22. The molecule has 0 saturated heterocycles. The number of furan rings is 2. The zero-order chi connectivity index (χ0) is 30.4. The predicted molar refractivity (Wildman–Crippen MR) is 151 cm³/mol. The third-order valence-electron chi connectivity index (χ3n) is 4.85. The molecule has 0 spiro atoms. The van der Waals surface area contributed by atoms with Gasteiger partial charge in [0, 0.05) is 5.69 Å². The summed E-state index contributed by atoms with van der Waals surface area (Å²) in [6.45, 7) is 0.421. The van der Waals surface area contributed by atoms with Crippen molar-refractivity contribution in [3.05, 3.63) is 107 Å². The smallest absolute Gasteiger partial charge is 0.340 e. The van der Waals surface area contributed by atoms with Gasteiger partial charge in [-0.3, -0.25) is 4.72 Å². The van der Waals surface area contributed by atoms with E-state index in [0.29, 0.717) is 12.3 Å². The van der Waals surface area contributed by atoms with Gasteiger partial charge >= 0.3 is 11.9 Å². The quantitative estimate of drug-likeness (QED) is 0.166. The molecule has 0 bridgehead atoms. The van der Waals surface area contributed by atoms with Crippen molar-refractivity contribution in [3.8, 4) is 0 Å². The molecule has 0 aliphatic rings.